The fourth-order valence-corrected chi connectivity index (χ4v) is 3.08. The molecule has 1 aromatic heterocycles. The van der Waals surface area contributed by atoms with Crippen LogP contribution in [-0.4, -0.2) is 88.1 Å². The normalized spacial score (nSPS) is 14.7. The SMILES string of the molecule is CCCCCCNCC(O)COc1nsnc1N1CCOCC1.O=C(O)C=CC(=O)O. The summed E-state index contributed by atoms with van der Waals surface area (Å²) in [5, 5.41) is 28.9. The molecule has 2 heterocycles. The van der Waals surface area contributed by atoms with Gasteiger partial charge in [0.2, 0.25) is 5.82 Å². The first-order valence-electron chi connectivity index (χ1n) is 10.2. The summed E-state index contributed by atoms with van der Waals surface area (Å²) in [7, 11) is 0. The van der Waals surface area contributed by atoms with E-state index in [2.05, 4.69) is 25.9 Å². The Bertz CT molecular complexity index is 649. The van der Waals surface area contributed by atoms with Crippen molar-refractivity contribution >= 4 is 29.5 Å². The molecule has 0 bridgehead atoms. The van der Waals surface area contributed by atoms with Crippen LogP contribution in [0.3, 0.4) is 0 Å². The molecule has 1 atom stereocenters. The molecule has 1 aliphatic rings. The number of aliphatic hydroxyl groups is 1. The molecule has 31 heavy (non-hydrogen) atoms. The van der Waals surface area contributed by atoms with E-state index in [-0.39, 0.29) is 6.61 Å². The molecule has 2 rings (SSSR count). The van der Waals surface area contributed by atoms with Gasteiger partial charge in [-0.2, -0.15) is 4.37 Å². The molecule has 11 nitrogen and oxygen atoms in total. The van der Waals surface area contributed by atoms with Crippen LogP contribution in [0.4, 0.5) is 5.82 Å². The van der Waals surface area contributed by atoms with Crippen LogP contribution in [-0.2, 0) is 14.3 Å². The lowest BCUT2D eigenvalue weighted by Crippen LogP contribution is -2.37. The fraction of sp³-hybridized carbons (Fsp3) is 0.684. The first-order valence-corrected chi connectivity index (χ1v) is 11.0. The van der Waals surface area contributed by atoms with Crippen molar-refractivity contribution in [2.45, 2.75) is 38.7 Å². The number of ether oxygens (including phenoxy) is 2. The molecule has 1 aliphatic heterocycles. The first kappa shape index (κ1) is 26.8. The number of morpholine rings is 1. The van der Waals surface area contributed by atoms with Crippen LogP contribution < -0.4 is 15.0 Å². The number of hydrogen-bond donors (Lipinski definition) is 4. The highest BCUT2D eigenvalue weighted by Gasteiger charge is 2.20. The minimum Gasteiger partial charge on any atom is -0.478 e. The van der Waals surface area contributed by atoms with E-state index in [0.29, 0.717) is 37.8 Å². The Labute approximate surface area is 186 Å². The van der Waals surface area contributed by atoms with Crippen LogP contribution >= 0.6 is 11.7 Å². The molecular formula is C19H32N4O7S. The summed E-state index contributed by atoms with van der Waals surface area (Å²) in [6, 6.07) is 0. The number of anilines is 1. The summed E-state index contributed by atoms with van der Waals surface area (Å²) in [5.74, 6) is -1.24. The van der Waals surface area contributed by atoms with Gasteiger partial charge in [-0.15, -0.1) is 4.37 Å². The summed E-state index contributed by atoms with van der Waals surface area (Å²) < 4.78 is 19.5. The predicted octanol–water partition coefficient (Wildman–Crippen LogP) is 0.996. The number of carbonyl (C=O) groups is 2. The van der Waals surface area contributed by atoms with Gasteiger partial charge in [0.15, 0.2) is 0 Å². The topological polar surface area (TPSA) is 154 Å². The van der Waals surface area contributed by atoms with Crippen molar-refractivity contribution in [3.8, 4) is 5.88 Å². The first-order chi connectivity index (χ1) is 14.9. The van der Waals surface area contributed by atoms with Crippen LogP contribution in [0.2, 0.25) is 0 Å². The third-order valence-corrected chi connectivity index (χ3v) is 4.62. The second kappa shape index (κ2) is 16.4. The van der Waals surface area contributed by atoms with E-state index in [4.69, 9.17) is 19.7 Å². The number of carboxylic acid groups (broad SMARTS) is 2. The molecular weight excluding hydrogens is 428 g/mol. The number of aliphatic carboxylic acids is 2. The molecule has 0 amide bonds. The standard InChI is InChI=1S/C15H28N4O3S.C4H4O4/c1-2-3-4-5-6-16-11-13(20)12-22-15-14(17-23-18-15)19-7-9-21-10-8-19;5-3(6)1-2-4(7)8/h13,16,20H,2-12H2,1H3;1-2H,(H,5,6)(H,7,8). The number of aliphatic hydroxyl groups excluding tert-OH is 1. The molecule has 1 saturated heterocycles. The predicted molar refractivity (Wildman–Crippen MR) is 116 cm³/mol. The van der Waals surface area contributed by atoms with Crippen molar-refractivity contribution in [3.05, 3.63) is 12.2 Å². The Hall–Kier alpha value is -2.28. The highest BCUT2D eigenvalue weighted by Crippen LogP contribution is 2.26. The lowest BCUT2D eigenvalue weighted by molar-refractivity contribution is -0.134. The van der Waals surface area contributed by atoms with E-state index in [1.807, 2.05) is 0 Å². The Morgan fingerprint density at radius 3 is 2.48 bits per heavy atom. The van der Waals surface area contributed by atoms with Gasteiger partial charge in [-0.25, -0.2) is 9.59 Å². The summed E-state index contributed by atoms with van der Waals surface area (Å²) >= 11 is 1.14. The van der Waals surface area contributed by atoms with Crippen molar-refractivity contribution in [3.63, 3.8) is 0 Å². The highest BCUT2D eigenvalue weighted by molar-refractivity contribution is 6.99. The molecule has 0 saturated carbocycles. The van der Waals surface area contributed by atoms with Gasteiger partial charge in [0, 0.05) is 31.8 Å². The molecule has 1 aromatic rings. The zero-order valence-electron chi connectivity index (χ0n) is 17.7. The van der Waals surface area contributed by atoms with Gasteiger partial charge in [-0.1, -0.05) is 26.2 Å². The third-order valence-electron chi connectivity index (χ3n) is 4.12. The maximum Gasteiger partial charge on any atom is 0.328 e. The van der Waals surface area contributed by atoms with Crippen LogP contribution in [0, 0.1) is 0 Å². The summed E-state index contributed by atoms with van der Waals surface area (Å²) in [5.41, 5.74) is 0. The third kappa shape index (κ3) is 12.9. The van der Waals surface area contributed by atoms with Gasteiger partial charge in [-0.05, 0) is 13.0 Å². The van der Waals surface area contributed by atoms with Crippen molar-refractivity contribution in [2.75, 3.05) is 50.9 Å². The van der Waals surface area contributed by atoms with Gasteiger partial charge in [-0.3, -0.25) is 0 Å². The van der Waals surface area contributed by atoms with E-state index >= 15 is 0 Å². The molecule has 0 aliphatic carbocycles. The quantitative estimate of drug-likeness (QED) is 0.246. The monoisotopic (exact) mass is 460 g/mol. The molecule has 1 unspecified atom stereocenters. The van der Waals surface area contributed by atoms with Crippen molar-refractivity contribution < 1.29 is 34.4 Å². The lowest BCUT2D eigenvalue weighted by Gasteiger charge is -2.26. The Balaban J connectivity index is 0.000000512. The fourth-order valence-electron chi connectivity index (χ4n) is 2.56. The van der Waals surface area contributed by atoms with Gasteiger partial charge >= 0.3 is 11.9 Å². The van der Waals surface area contributed by atoms with E-state index < -0.39 is 18.0 Å². The zero-order valence-corrected chi connectivity index (χ0v) is 18.6. The van der Waals surface area contributed by atoms with Gasteiger partial charge in [0.1, 0.15) is 12.7 Å². The second-order valence-corrected chi connectivity index (χ2v) is 7.26. The van der Waals surface area contributed by atoms with E-state index in [9.17, 15) is 14.7 Å². The smallest absolute Gasteiger partial charge is 0.328 e. The van der Waals surface area contributed by atoms with Gasteiger partial charge in [0.25, 0.3) is 5.88 Å². The highest BCUT2D eigenvalue weighted by atomic mass is 32.1. The largest absolute Gasteiger partial charge is 0.478 e. The van der Waals surface area contributed by atoms with E-state index in [1.54, 1.807) is 0 Å². The number of aromatic nitrogens is 2. The molecule has 12 heteroatoms. The number of unbranched alkanes of at least 4 members (excludes halogenated alkanes) is 3. The second-order valence-electron chi connectivity index (χ2n) is 6.73. The number of rotatable bonds is 13. The van der Waals surface area contributed by atoms with Crippen LogP contribution in [0.1, 0.15) is 32.6 Å². The summed E-state index contributed by atoms with van der Waals surface area (Å²) in [4.78, 5) is 21.2. The van der Waals surface area contributed by atoms with E-state index in [1.165, 1.54) is 19.3 Å². The minimum atomic E-state index is -1.26. The maximum atomic E-state index is 9.99. The van der Waals surface area contributed by atoms with Crippen molar-refractivity contribution in [2.24, 2.45) is 0 Å². The minimum absolute atomic E-state index is 0.227. The Kier molecular flexibility index (Phi) is 14.2. The molecule has 0 aromatic carbocycles. The summed E-state index contributed by atoms with van der Waals surface area (Å²) in [6.07, 6.45) is 5.48. The zero-order chi connectivity index (χ0) is 22.9. The van der Waals surface area contributed by atoms with Crippen molar-refractivity contribution in [1.82, 2.24) is 14.1 Å². The van der Waals surface area contributed by atoms with Gasteiger partial charge in [0.05, 0.1) is 24.9 Å². The molecule has 0 radical (unpaired) electrons. The molecule has 0 spiro atoms. The number of carboxylic acids is 2. The van der Waals surface area contributed by atoms with Crippen molar-refractivity contribution in [1.29, 1.82) is 0 Å². The van der Waals surface area contributed by atoms with Crippen LogP contribution in [0.25, 0.3) is 0 Å². The summed E-state index contributed by atoms with van der Waals surface area (Å²) in [6.45, 7) is 6.89. The maximum absolute atomic E-state index is 9.99. The van der Waals surface area contributed by atoms with Crippen LogP contribution in [0.5, 0.6) is 5.88 Å². The van der Waals surface area contributed by atoms with Crippen LogP contribution in [0.15, 0.2) is 12.2 Å². The molecule has 176 valence electrons. The molecule has 1 fully saturated rings. The Morgan fingerprint density at radius 1 is 1.19 bits per heavy atom. The average Bonchev–Trinajstić information content (AvgIpc) is 3.23. The number of nitrogens with one attached hydrogen (secondary N) is 1. The van der Waals surface area contributed by atoms with E-state index in [0.717, 1.165) is 43.6 Å². The average molecular weight is 461 g/mol. The number of hydrogen-bond acceptors (Lipinski definition) is 10. The van der Waals surface area contributed by atoms with Gasteiger partial charge < -0.3 is 35.0 Å². The number of nitrogens with zero attached hydrogens (tertiary/aromatic N) is 3. The Morgan fingerprint density at radius 2 is 1.87 bits per heavy atom. The molecule has 4 N–H and O–H groups in total. The lowest BCUT2D eigenvalue weighted by atomic mass is 10.2.